The highest BCUT2D eigenvalue weighted by Crippen LogP contribution is 2.28. The number of esters is 1. The fraction of sp³-hybridized carbons (Fsp3) is 0.312. The summed E-state index contributed by atoms with van der Waals surface area (Å²) in [4.78, 5) is 24.6. The van der Waals surface area contributed by atoms with Gasteiger partial charge in [-0.05, 0) is 40.5 Å². The van der Waals surface area contributed by atoms with Crippen LogP contribution in [0.1, 0.15) is 28.9 Å². The molecule has 1 heterocycles. The summed E-state index contributed by atoms with van der Waals surface area (Å²) >= 11 is 3.38. The number of halogens is 1. The minimum absolute atomic E-state index is 0.218. The summed E-state index contributed by atoms with van der Waals surface area (Å²) in [6.07, 6.45) is 3.00. The number of ether oxygens (including phenoxy) is 2. The quantitative estimate of drug-likeness (QED) is 0.758. The van der Waals surface area contributed by atoms with Crippen LogP contribution in [0.25, 0.3) is 0 Å². The molecule has 0 saturated heterocycles. The van der Waals surface area contributed by atoms with Crippen LogP contribution in [0.3, 0.4) is 0 Å². The summed E-state index contributed by atoms with van der Waals surface area (Å²) in [5, 5.41) is 6.64. The van der Waals surface area contributed by atoms with E-state index in [1.165, 1.54) is 10.9 Å². The molecule has 0 aliphatic carbocycles. The molecule has 1 unspecified atom stereocenters. The van der Waals surface area contributed by atoms with Crippen LogP contribution in [0.2, 0.25) is 0 Å². The number of hydrogen-bond donors (Lipinski definition) is 1. The summed E-state index contributed by atoms with van der Waals surface area (Å²) in [5.74, 6) is -0.320. The molecule has 2 aromatic rings. The Morgan fingerprint density at radius 1 is 1.42 bits per heavy atom. The summed E-state index contributed by atoms with van der Waals surface area (Å²) in [5.41, 5.74) is 0.942. The number of benzene rings is 1. The van der Waals surface area contributed by atoms with E-state index in [2.05, 4.69) is 26.3 Å². The molecule has 1 N–H and O–H groups in total. The topological polar surface area (TPSA) is 82.5 Å². The second-order valence-corrected chi connectivity index (χ2v) is 5.81. The molecule has 1 amide bonds. The van der Waals surface area contributed by atoms with E-state index in [0.717, 1.165) is 0 Å². The van der Waals surface area contributed by atoms with Gasteiger partial charge >= 0.3 is 5.97 Å². The van der Waals surface area contributed by atoms with E-state index in [-0.39, 0.29) is 6.61 Å². The van der Waals surface area contributed by atoms with Crippen LogP contribution >= 0.6 is 15.9 Å². The predicted molar refractivity (Wildman–Crippen MR) is 90.7 cm³/mol. The molecule has 0 radical (unpaired) electrons. The zero-order chi connectivity index (χ0) is 17.7. The van der Waals surface area contributed by atoms with E-state index in [0.29, 0.717) is 21.3 Å². The highest BCUT2D eigenvalue weighted by Gasteiger charge is 2.25. The van der Waals surface area contributed by atoms with Crippen molar-refractivity contribution < 1.29 is 19.1 Å². The lowest BCUT2D eigenvalue weighted by Crippen LogP contribution is -2.34. The fourth-order valence-electron chi connectivity index (χ4n) is 2.12. The summed E-state index contributed by atoms with van der Waals surface area (Å²) in [6, 6.07) is 4.19. The van der Waals surface area contributed by atoms with Crippen molar-refractivity contribution in [1.82, 2.24) is 15.1 Å². The monoisotopic (exact) mass is 395 g/mol. The maximum Gasteiger partial charge on any atom is 0.333 e. The van der Waals surface area contributed by atoms with E-state index >= 15 is 0 Å². The Morgan fingerprint density at radius 2 is 2.17 bits per heavy atom. The lowest BCUT2D eigenvalue weighted by atomic mass is 10.1. The molecule has 2 rings (SSSR count). The van der Waals surface area contributed by atoms with Crippen LogP contribution in [0.15, 0.2) is 35.1 Å². The van der Waals surface area contributed by atoms with Crippen molar-refractivity contribution >= 4 is 27.8 Å². The Hall–Kier alpha value is -2.35. The average Bonchev–Trinajstić information content (AvgIpc) is 2.99. The molecular weight excluding hydrogens is 378 g/mol. The van der Waals surface area contributed by atoms with Crippen molar-refractivity contribution in [2.75, 3.05) is 13.7 Å². The maximum absolute atomic E-state index is 12.3. The zero-order valence-electron chi connectivity index (χ0n) is 13.6. The number of nitrogens with zero attached hydrogens (tertiary/aromatic N) is 2. The average molecular weight is 396 g/mol. The lowest BCUT2D eigenvalue weighted by molar-refractivity contribution is -0.145. The molecule has 0 aliphatic rings. The first-order valence-electron chi connectivity index (χ1n) is 7.25. The van der Waals surface area contributed by atoms with Crippen LogP contribution in [-0.2, 0) is 16.6 Å². The van der Waals surface area contributed by atoms with Crippen LogP contribution in [0.5, 0.6) is 5.75 Å². The minimum Gasteiger partial charge on any atom is -0.496 e. The van der Waals surface area contributed by atoms with Gasteiger partial charge in [0.15, 0.2) is 6.04 Å². The van der Waals surface area contributed by atoms with Crippen molar-refractivity contribution in [3.8, 4) is 5.75 Å². The van der Waals surface area contributed by atoms with Crippen molar-refractivity contribution in [3.63, 3.8) is 0 Å². The summed E-state index contributed by atoms with van der Waals surface area (Å²) in [7, 11) is 3.26. The number of amides is 1. The number of carbonyl (C=O) groups excluding carboxylic acids is 2. The molecular formula is C16H18BrN3O4. The zero-order valence-corrected chi connectivity index (χ0v) is 15.2. The van der Waals surface area contributed by atoms with E-state index in [1.807, 2.05) is 0 Å². The molecule has 0 aliphatic heterocycles. The number of methoxy groups -OCH3 is 1. The van der Waals surface area contributed by atoms with Gasteiger partial charge in [0.25, 0.3) is 5.91 Å². The van der Waals surface area contributed by atoms with Gasteiger partial charge in [0, 0.05) is 13.2 Å². The Bertz CT molecular complexity index is 745. The minimum atomic E-state index is -0.931. The molecule has 7 nitrogen and oxygen atoms in total. The number of carbonyl (C=O) groups is 2. The smallest absolute Gasteiger partial charge is 0.333 e. The lowest BCUT2D eigenvalue weighted by Gasteiger charge is -2.18. The molecule has 1 atom stereocenters. The SMILES string of the molecule is CCOC(=O)C(NC(=O)c1cnn(C)c1)c1ccc(OC)c(Br)c1. The van der Waals surface area contributed by atoms with E-state index in [9.17, 15) is 9.59 Å². The number of aromatic nitrogens is 2. The Labute approximate surface area is 148 Å². The number of rotatable bonds is 6. The maximum atomic E-state index is 12.3. The third-order valence-electron chi connectivity index (χ3n) is 3.27. The van der Waals surface area contributed by atoms with Crippen LogP contribution in [-0.4, -0.2) is 35.4 Å². The molecule has 0 saturated carbocycles. The van der Waals surface area contributed by atoms with Crippen LogP contribution < -0.4 is 10.1 Å². The van der Waals surface area contributed by atoms with Crippen molar-refractivity contribution in [3.05, 3.63) is 46.2 Å². The molecule has 1 aromatic carbocycles. The molecule has 1 aromatic heterocycles. The van der Waals surface area contributed by atoms with Gasteiger partial charge in [0.2, 0.25) is 0 Å². The third-order valence-corrected chi connectivity index (χ3v) is 3.89. The van der Waals surface area contributed by atoms with Crippen molar-refractivity contribution in [2.45, 2.75) is 13.0 Å². The van der Waals surface area contributed by atoms with Crippen LogP contribution in [0, 0.1) is 0 Å². The Morgan fingerprint density at radius 3 is 2.71 bits per heavy atom. The molecule has 0 fully saturated rings. The van der Waals surface area contributed by atoms with Gasteiger partial charge in [-0.1, -0.05) is 6.07 Å². The molecule has 0 bridgehead atoms. The van der Waals surface area contributed by atoms with Gasteiger partial charge in [-0.2, -0.15) is 5.10 Å². The second-order valence-electron chi connectivity index (χ2n) is 4.96. The first kappa shape index (κ1) is 18.0. The number of hydrogen-bond acceptors (Lipinski definition) is 5. The van der Waals surface area contributed by atoms with E-state index in [4.69, 9.17) is 9.47 Å². The Balaban J connectivity index is 2.29. The fourth-order valence-corrected chi connectivity index (χ4v) is 2.68. The van der Waals surface area contributed by atoms with E-state index < -0.39 is 17.9 Å². The second kappa shape index (κ2) is 7.96. The van der Waals surface area contributed by atoms with Crippen LogP contribution in [0.4, 0.5) is 0 Å². The van der Waals surface area contributed by atoms with Gasteiger partial charge in [-0.3, -0.25) is 9.48 Å². The number of nitrogens with one attached hydrogen (secondary N) is 1. The molecule has 0 spiro atoms. The third kappa shape index (κ3) is 4.14. The number of aryl methyl sites for hydroxylation is 1. The molecule has 24 heavy (non-hydrogen) atoms. The first-order chi connectivity index (χ1) is 11.5. The highest BCUT2D eigenvalue weighted by molar-refractivity contribution is 9.10. The van der Waals surface area contributed by atoms with Gasteiger partial charge < -0.3 is 14.8 Å². The standard InChI is InChI=1S/C16H18BrN3O4/c1-4-24-16(22)14(10-5-6-13(23-3)12(17)7-10)19-15(21)11-8-18-20(2)9-11/h5-9,14H,4H2,1-3H3,(H,19,21). The Kier molecular flexibility index (Phi) is 5.97. The van der Waals surface area contributed by atoms with Gasteiger partial charge in [-0.25, -0.2) is 4.79 Å². The van der Waals surface area contributed by atoms with Gasteiger partial charge in [0.05, 0.1) is 29.9 Å². The molecule has 128 valence electrons. The predicted octanol–water partition coefficient (Wildman–Crippen LogP) is 2.23. The normalized spacial score (nSPS) is 11.7. The summed E-state index contributed by atoms with van der Waals surface area (Å²) in [6.45, 7) is 1.93. The van der Waals surface area contributed by atoms with Crippen molar-refractivity contribution in [1.29, 1.82) is 0 Å². The summed E-state index contributed by atoms with van der Waals surface area (Å²) < 4.78 is 12.4. The first-order valence-corrected chi connectivity index (χ1v) is 8.05. The largest absolute Gasteiger partial charge is 0.496 e. The van der Waals surface area contributed by atoms with E-state index in [1.54, 1.807) is 45.5 Å². The van der Waals surface area contributed by atoms with Gasteiger partial charge in [0.1, 0.15) is 5.75 Å². The van der Waals surface area contributed by atoms with Crippen molar-refractivity contribution in [2.24, 2.45) is 7.05 Å². The highest BCUT2D eigenvalue weighted by atomic mass is 79.9. The van der Waals surface area contributed by atoms with Gasteiger partial charge in [-0.15, -0.1) is 0 Å². The molecule has 8 heteroatoms.